The van der Waals surface area contributed by atoms with E-state index < -0.39 is 0 Å². The zero-order valence-electron chi connectivity index (χ0n) is 13.3. The molecule has 0 aliphatic carbocycles. The Hall–Kier alpha value is -1.90. The normalized spacial score (nSPS) is 8.21. The van der Waals surface area contributed by atoms with Gasteiger partial charge in [-0.05, 0) is 18.2 Å². The van der Waals surface area contributed by atoms with Gasteiger partial charge < -0.3 is 5.32 Å². The van der Waals surface area contributed by atoms with Crippen molar-refractivity contribution >= 4 is 5.95 Å². The Morgan fingerprint density at radius 1 is 1.00 bits per heavy atom. The highest BCUT2D eigenvalue weighted by atomic mass is 15.1. The Bertz CT molecular complexity index is 316. The molecular weight excluding hydrogens is 234 g/mol. The smallest absolute Gasteiger partial charge is 0.227 e. The number of hydrogen-bond acceptors (Lipinski definition) is 3. The average Bonchev–Trinajstić information content (AvgIpc) is 2.54. The van der Waals surface area contributed by atoms with E-state index >= 15 is 0 Å². The first-order chi connectivity index (χ1) is 9.36. The average molecular weight is 263 g/mol. The van der Waals surface area contributed by atoms with Crippen LogP contribution in [0.5, 0.6) is 0 Å². The van der Waals surface area contributed by atoms with E-state index in [-0.39, 0.29) is 0 Å². The number of hydrogen-bond donors (Lipinski definition) is 1. The molecule has 0 aliphatic rings. The van der Waals surface area contributed by atoms with Gasteiger partial charge >= 0.3 is 0 Å². The highest BCUT2D eigenvalue weighted by Gasteiger charge is 1.93. The zero-order chi connectivity index (χ0) is 15.5. The van der Waals surface area contributed by atoms with Crippen LogP contribution in [0.15, 0.2) is 55.5 Å². The number of rotatable bonds is 4. The maximum Gasteiger partial charge on any atom is 0.227 e. The summed E-state index contributed by atoms with van der Waals surface area (Å²) >= 11 is 0. The molecule has 1 N–H and O–H groups in total. The Kier molecular flexibility index (Phi) is 25.1. The largest absolute Gasteiger partial charge is 0.324 e. The van der Waals surface area contributed by atoms with Crippen LogP contribution in [0.25, 0.3) is 0 Å². The van der Waals surface area contributed by atoms with E-state index in [0.717, 1.165) is 5.70 Å². The van der Waals surface area contributed by atoms with Crippen LogP contribution in [0.3, 0.4) is 0 Å². The van der Waals surface area contributed by atoms with Crippen LogP contribution in [0.1, 0.15) is 41.5 Å². The van der Waals surface area contributed by atoms with E-state index in [1.54, 1.807) is 36.7 Å². The predicted octanol–water partition coefficient (Wildman–Crippen LogP) is 5.22. The van der Waals surface area contributed by atoms with Crippen LogP contribution in [-0.4, -0.2) is 9.97 Å². The summed E-state index contributed by atoms with van der Waals surface area (Å²) in [7, 11) is 0. The summed E-state index contributed by atoms with van der Waals surface area (Å²) in [5.74, 6) is 0.551. The maximum atomic E-state index is 4.00. The van der Waals surface area contributed by atoms with Crippen molar-refractivity contribution in [3.05, 3.63) is 55.5 Å². The second-order valence-corrected chi connectivity index (χ2v) is 2.26. The third kappa shape index (κ3) is 14.0. The number of aromatic nitrogens is 2. The lowest BCUT2D eigenvalue weighted by molar-refractivity contribution is 1.15. The third-order valence-electron chi connectivity index (χ3n) is 1.34. The van der Waals surface area contributed by atoms with Gasteiger partial charge in [0.05, 0.1) is 0 Å². The highest BCUT2D eigenvalue weighted by Crippen LogP contribution is 2.01. The summed E-state index contributed by atoms with van der Waals surface area (Å²) in [6, 6.07) is 1.76. The lowest BCUT2D eigenvalue weighted by Gasteiger charge is -2.02. The molecule has 0 aromatic carbocycles. The van der Waals surface area contributed by atoms with Crippen molar-refractivity contribution in [3.8, 4) is 0 Å². The zero-order valence-corrected chi connectivity index (χ0v) is 13.3. The fourth-order valence-corrected chi connectivity index (χ4v) is 0.780. The Morgan fingerprint density at radius 3 is 1.84 bits per heavy atom. The SMILES string of the molecule is C=C/C=C(\C=C)Nc1ncccn1.CC.CC.CC. The van der Waals surface area contributed by atoms with Crippen molar-refractivity contribution in [3.63, 3.8) is 0 Å². The van der Waals surface area contributed by atoms with Crippen LogP contribution in [0.2, 0.25) is 0 Å². The Balaban J connectivity index is -0.000000375. The van der Waals surface area contributed by atoms with E-state index in [1.165, 1.54) is 0 Å². The monoisotopic (exact) mass is 263 g/mol. The van der Waals surface area contributed by atoms with Gasteiger partial charge in [-0.3, -0.25) is 0 Å². The molecule has 1 heterocycles. The molecule has 1 rings (SSSR count). The second-order valence-electron chi connectivity index (χ2n) is 2.26. The van der Waals surface area contributed by atoms with Crippen LogP contribution in [0, 0.1) is 0 Å². The Morgan fingerprint density at radius 2 is 1.47 bits per heavy atom. The van der Waals surface area contributed by atoms with Gasteiger partial charge in [-0.15, -0.1) is 0 Å². The highest BCUT2D eigenvalue weighted by molar-refractivity contribution is 5.39. The summed E-state index contributed by atoms with van der Waals surface area (Å²) in [5, 5.41) is 2.98. The maximum absolute atomic E-state index is 4.00. The van der Waals surface area contributed by atoms with Crippen molar-refractivity contribution in [1.82, 2.24) is 9.97 Å². The van der Waals surface area contributed by atoms with Gasteiger partial charge in [-0.1, -0.05) is 60.8 Å². The van der Waals surface area contributed by atoms with Crippen LogP contribution < -0.4 is 5.32 Å². The molecule has 0 saturated carbocycles. The minimum atomic E-state index is 0.551. The first kappa shape index (κ1) is 22.3. The molecule has 1 aromatic heterocycles. The molecule has 0 radical (unpaired) electrons. The van der Waals surface area contributed by atoms with Gasteiger partial charge in [0.15, 0.2) is 0 Å². The molecule has 1 aromatic rings. The molecule has 0 fully saturated rings. The van der Waals surface area contributed by atoms with Gasteiger partial charge in [0.1, 0.15) is 0 Å². The number of nitrogens with zero attached hydrogens (tertiary/aromatic N) is 2. The summed E-state index contributed by atoms with van der Waals surface area (Å²) in [5.41, 5.74) is 0.821. The van der Waals surface area contributed by atoms with Gasteiger partial charge in [0.2, 0.25) is 5.95 Å². The van der Waals surface area contributed by atoms with Crippen LogP contribution >= 0.6 is 0 Å². The molecule has 0 aliphatic heterocycles. The standard InChI is InChI=1S/C10H11N3.3C2H6/c1-3-6-9(4-2)13-10-11-7-5-8-12-10;3*1-2/h3-8H,1-2H2,(H,11,12,13);3*1-2H3/b9-6+;;;. The van der Waals surface area contributed by atoms with Gasteiger partial charge in [0, 0.05) is 18.1 Å². The molecule has 108 valence electrons. The van der Waals surface area contributed by atoms with Gasteiger partial charge in [-0.2, -0.15) is 0 Å². The molecular formula is C16H29N3. The van der Waals surface area contributed by atoms with Crippen molar-refractivity contribution < 1.29 is 0 Å². The van der Waals surface area contributed by atoms with Crippen LogP contribution in [0.4, 0.5) is 5.95 Å². The quantitative estimate of drug-likeness (QED) is 0.756. The minimum absolute atomic E-state index is 0.551. The fourth-order valence-electron chi connectivity index (χ4n) is 0.780. The van der Waals surface area contributed by atoms with Crippen molar-refractivity contribution in [1.29, 1.82) is 0 Å². The topological polar surface area (TPSA) is 37.8 Å². The number of nitrogens with one attached hydrogen (secondary N) is 1. The summed E-state index contributed by atoms with van der Waals surface area (Å²) in [6.45, 7) is 19.2. The fraction of sp³-hybridized carbons (Fsp3) is 0.375. The molecule has 0 spiro atoms. The first-order valence-corrected chi connectivity index (χ1v) is 6.86. The van der Waals surface area contributed by atoms with Gasteiger partial charge in [-0.25, -0.2) is 9.97 Å². The number of anilines is 1. The van der Waals surface area contributed by atoms with Crippen molar-refractivity contribution in [2.75, 3.05) is 5.32 Å². The third-order valence-corrected chi connectivity index (χ3v) is 1.34. The molecule has 0 unspecified atom stereocenters. The van der Waals surface area contributed by atoms with E-state index in [2.05, 4.69) is 28.4 Å². The molecule has 3 heteroatoms. The minimum Gasteiger partial charge on any atom is -0.324 e. The summed E-state index contributed by atoms with van der Waals surface area (Å²) in [4.78, 5) is 8.01. The first-order valence-electron chi connectivity index (χ1n) is 6.86. The molecule has 3 nitrogen and oxygen atoms in total. The van der Waals surface area contributed by atoms with Crippen LogP contribution in [-0.2, 0) is 0 Å². The summed E-state index contributed by atoms with van der Waals surface area (Å²) < 4.78 is 0. The molecule has 0 saturated heterocycles. The predicted molar refractivity (Wildman–Crippen MR) is 88.2 cm³/mol. The molecule has 0 bridgehead atoms. The molecule has 19 heavy (non-hydrogen) atoms. The van der Waals surface area contributed by atoms with E-state index in [9.17, 15) is 0 Å². The van der Waals surface area contributed by atoms with E-state index in [4.69, 9.17) is 0 Å². The van der Waals surface area contributed by atoms with E-state index in [1.807, 2.05) is 41.5 Å². The molecule has 0 amide bonds. The lowest BCUT2D eigenvalue weighted by Crippen LogP contribution is -2.00. The lowest BCUT2D eigenvalue weighted by atomic mass is 10.4. The summed E-state index contributed by atoms with van der Waals surface area (Å²) in [6.07, 6.45) is 8.49. The molecule has 0 atom stereocenters. The second kappa shape index (κ2) is 21.4. The van der Waals surface area contributed by atoms with E-state index in [0.29, 0.717) is 5.95 Å². The van der Waals surface area contributed by atoms with Gasteiger partial charge in [0.25, 0.3) is 0 Å². The van der Waals surface area contributed by atoms with Crippen molar-refractivity contribution in [2.24, 2.45) is 0 Å². The Labute approximate surface area is 119 Å². The van der Waals surface area contributed by atoms with Crippen molar-refractivity contribution in [2.45, 2.75) is 41.5 Å². The number of allylic oxidation sites excluding steroid dienone is 3.